The third-order valence-corrected chi connectivity index (χ3v) is 6.32. The lowest BCUT2D eigenvalue weighted by atomic mass is 10.2. The van der Waals surface area contributed by atoms with E-state index < -0.39 is 0 Å². The molecule has 4 amide bonds. The van der Waals surface area contributed by atoms with Crippen molar-refractivity contribution in [1.29, 1.82) is 0 Å². The van der Waals surface area contributed by atoms with Crippen molar-refractivity contribution < 1.29 is 19.2 Å². The SMILES string of the molecule is CCCN(CCNC(=O)CCCC(=O)NCc1ccccc1)CCNC(=O)CCCC(=O)NCc1ccccc1. The number of amides is 4. The minimum atomic E-state index is -0.0617. The molecule has 2 aromatic carbocycles. The molecule has 9 nitrogen and oxygen atoms in total. The Balaban J connectivity index is 1.49. The Bertz CT molecular complexity index is 937. The summed E-state index contributed by atoms with van der Waals surface area (Å²) < 4.78 is 0. The molecular weight excluding hydrogens is 506 g/mol. The molecule has 0 bridgehead atoms. The Morgan fingerprint density at radius 1 is 0.550 bits per heavy atom. The highest BCUT2D eigenvalue weighted by molar-refractivity contribution is 5.79. The molecule has 40 heavy (non-hydrogen) atoms. The molecule has 0 heterocycles. The minimum absolute atomic E-state index is 0.0563. The summed E-state index contributed by atoms with van der Waals surface area (Å²) in [7, 11) is 0. The lowest BCUT2D eigenvalue weighted by Crippen LogP contribution is -2.40. The summed E-state index contributed by atoms with van der Waals surface area (Å²) >= 11 is 0. The number of nitrogens with zero attached hydrogens (tertiary/aromatic N) is 1. The smallest absolute Gasteiger partial charge is 0.220 e. The van der Waals surface area contributed by atoms with E-state index in [1.165, 1.54) is 0 Å². The van der Waals surface area contributed by atoms with E-state index in [1.807, 2.05) is 60.7 Å². The highest BCUT2D eigenvalue weighted by atomic mass is 16.2. The average molecular weight is 552 g/mol. The van der Waals surface area contributed by atoms with Crippen LogP contribution in [0, 0.1) is 0 Å². The Labute approximate surface area is 238 Å². The van der Waals surface area contributed by atoms with Gasteiger partial charge in [-0.15, -0.1) is 0 Å². The van der Waals surface area contributed by atoms with Crippen LogP contribution in [-0.4, -0.2) is 61.3 Å². The van der Waals surface area contributed by atoms with Crippen LogP contribution in [0.4, 0.5) is 0 Å². The van der Waals surface area contributed by atoms with Gasteiger partial charge in [0.05, 0.1) is 0 Å². The predicted octanol–water partition coefficient (Wildman–Crippen LogP) is 2.90. The van der Waals surface area contributed by atoms with Gasteiger partial charge in [0.2, 0.25) is 23.6 Å². The van der Waals surface area contributed by atoms with Gasteiger partial charge in [-0.2, -0.15) is 0 Å². The molecule has 0 saturated heterocycles. The summed E-state index contributed by atoms with van der Waals surface area (Å²) in [5.74, 6) is -0.236. The number of hydrogen-bond donors (Lipinski definition) is 4. The molecule has 9 heteroatoms. The minimum Gasteiger partial charge on any atom is -0.355 e. The van der Waals surface area contributed by atoms with Crippen LogP contribution in [0.1, 0.15) is 63.0 Å². The fraction of sp³-hybridized carbons (Fsp3) is 0.484. The lowest BCUT2D eigenvalue weighted by Gasteiger charge is -2.22. The van der Waals surface area contributed by atoms with E-state index in [0.29, 0.717) is 77.8 Å². The van der Waals surface area contributed by atoms with Gasteiger partial charge in [0.15, 0.2) is 0 Å². The van der Waals surface area contributed by atoms with E-state index in [1.54, 1.807) is 0 Å². The summed E-state index contributed by atoms with van der Waals surface area (Å²) in [5, 5.41) is 11.6. The number of nitrogens with one attached hydrogen (secondary N) is 4. The van der Waals surface area contributed by atoms with Gasteiger partial charge in [0.1, 0.15) is 0 Å². The topological polar surface area (TPSA) is 120 Å². The van der Waals surface area contributed by atoms with Crippen molar-refractivity contribution in [3.63, 3.8) is 0 Å². The number of hydrogen-bond acceptors (Lipinski definition) is 5. The monoisotopic (exact) mass is 551 g/mol. The van der Waals surface area contributed by atoms with Crippen LogP contribution >= 0.6 is 0 Å². The van der Waals surface area contributed by atoms with Crippen molar-refractivity contribution in [2.75, 3.05) is 32.7 Å². The second-order valence-corrected chi connectivity index (χ2v) is 9.77. The first-order valence-electron chi connectivity index (χ1n) is 14.3. The highest BCUT2D eigenvalue weighted by Gasteiger charge is 2.09. The molecule has 0 fully saturated rings. The van der Waals surface area contributed by atoms with Crippen LogP contribution in [-0.2, 0) is 32.3 Å². The molecule has 2 aromatic rings. The third kappa shape index (κ3) is 15.6. The summed E-state index contributed by atoms with van der Waals surface area (Å²) in [6, 6.07) is 19.4. The predicted molar refractivity (Wildman–Crippen MR) is 157 cm³/mol. The first kappa shape index (κ1) is 32.5. The molecule has 0 aliphatic rings. The van der Waals surface area contributed by atoms with E-state index in [2.05, 4.69) is 33.1 Å². The zero-order valence-electron chi connectivity index (χ0n) is 23.8. The van der Waals surface area contributed by atoms with E-state index in [9.17, 15) is 19.2 Å². The van der Waals surface area contributed by atoms with Gasteiger partial charge < -0.3 is 21.3 Å². The fourth-order valence-electron chi connectivity index (χ4n) is 4.12. The summed E-state index contributed by atoms with van der Waals surface area (Å²) in [6.07, 6.45) is 3.25. The van der Waals surface area contributed by atoms with Crippen molar-refractivity contribution >= 4 is 23.6 Å². The maximum Gasteiger partial charge on any atom is 0.220 e. The van der Waals surface area contributed by atoms with Gasteiger partial charge in [-0.25, -0.2) is 0 Å². The van der Waals surface area contributed by atoms with Crippen molar-refractivity contribution in [2.24, 2.45) is 0 Å². The third-order valence-electron chi connectivity index (χ3n) is 6.32. The molecule has 0 unspecified atom stereocenters. The van der Waals surface area contributed by atoms with Crippen LogP contribution in [0.5, 0.6) is 0 Å². The van der Waals surface area contributed by atoms with Crippen LogP contribution in [0.25, 0.3) is 0 Å². The molecule has 0 aromatic heterocycles. The van der Waals surface area contributed by atoms with Crippen LogP contribution < -0.4 is 21.3 Å². The van der Waals surface area contributed by atoms with Gasteiger partial charge in [-0.1, -0.05) is 67.6 Å². The molecular formula is C31H45N5O4. The quantitative estimate of drug-likeness (QED) is 0.202. The highest BCUT2D eigenvalue weighted by Crippen LogP contribution is 2.01. The molecule has 2 rings (SSSR count). The lowest BCUT2D eigenvalue weighted by molar-refractivity contribution is -0.124. The van der Waals surface area contributed by atoms with Crippen molar-refractivity contribution in [3.05, 3.63) is 71.8 Å². The fourth-order valence-corrected chi connectivity index (χ4v) is 4.12. The molecule has 4 N–H and O–H groups in total. The number of carbonyl (C=O) groups excluding carboxylic acids is 4. The molecule has 0 aliphatic carbocycles. The van der Waals surface area contributed by atoms with Crippen molar-refractivity contribution in [2.45, 2.75) is 65.0 Å². The van der Waals surface area contributed by atoms with Crippen LogP contribution in [0.3, 0.4) is 0 Å². The number of rotatable bonds is 20. The summed E-state index contributed by atoms with van der Waals surface area (Å²) in [5.41, 5.74) is 2.09. The number of carbonyl (C=O) groups is 4. The Morgan fingerprint density at radius 2 is 0.925 bits per heavy atom. The molecule has 0 aliphatic heterocycles. The molecule has 0 saturated carbocycles. The van der Waals surface area contributed by atoms with Gasteiger partial charge in [0, 0.05) is 65.0 Å². The van der Waals surface area contributed by atoms with E-state index in [0.717, 1.165) is 24.1 Å². The zero-order chi connectivity index (χ0) is 28.8. The first-order valence-corrected chi connectivity index (χ1v) is 14.3. The largest absolute Gasteiger partial charge is 0.355 e. The molecule has 0 radical (unpaired) electrons. The molecule has 218 valence electrons. The Hall–Kier alpha value is -3.72. The molecule has 0 spiro atoms. The van der Waals surface area contributed by atoms with Gasteiger partial charge in [-0.05, 0) is 36.9 Å². The second-order valence-electron chi connectivity index (χ2n) is 9.77. The average Bonchev–Trinajstić information content (AvgIpc) is 2.96. The standard InChI is InChI=1S/C31H45N5O4/c1-2-21-36(22-19-32-28(37)15-9-17-30(39)34-24-26-11-5-3-6-12-26)23-20-33-29(38)16-10-18-31(40)35-25-27-13-7-4-8-14-27/h3-8,11-14H,2,9-10,15-25H2,1H3,(H,32,37)(H,33,38)(H,34,39)(H,35,40). The Morgan fingerprint density at radius 3 is 1.30 bits per heavy atom. The summed E-state index contributed by atoms with van der Waals surface area (Å²) in [4.78, 5) is 50.5. The second kappa shape index (κ2) is 20.2. The first-order chi connectivity index (χ1) is 19.5. The van der Waals surface area contributed by atoms with Crippen LogP contribution in [0.2, 0.25) is 0 Å². The van der Waals surface area contributed by atoms with Crippen LogP contribution in [0.15, 0.2) is 60.7 Å². The van der Waals surface area contributed by atoms with E-state index in [-0.39, 0.29) is 23.6 Å². The number of benzene rings is 2. The normalized spacial score (nSPS) is 10.7. The van der Waals surface area contributed by atoms with Crippen molar-refractivity contribution in [1.82, 2.24) is 26.2 Å². The van der Waals surface area contributed by atoms with Gasteiger partial charge >= 0.3 is 0 Å². The van der Waals surface area contributed by atoms with Crippen molar-refractivity contribution in [3.8, 4) is 0 Å². The zero-order valence-corrected chi connectivity index (χ0v) is 23.8. The Kier molecular flexibility index (Phi) is 16.4. The van der Waals surface area contributed by atoms with Gasteiger partial charge in [0.25, 0.3) is 0 Å². The maximum absolute atomic E-state index is 12.2. The summed E-state index contributed by atoms with van der Waals surface area (Å²) in [6.45, 7) is 6.36. The van der Waals surface area contributed by atoms with E-state index >= 15 is 0 Å². The molecule has 0 atom stereocenters. The van der Waals surface area contributed by atoms with E-state index in [4.69, 9.17) is 0 Å². The maximum atomic E-state index is 12.2. The van der Waals surface area contributed by atoms with Gasteiger partial charge in [-0.3, -0.25) is 24.1 Å².